The summed E-state index contributed by atoms with van der Waals surface area (Å²) in [5.41, 5.74) is 1.48. The van der Waals surface area contributed by atoms with Gasteiger partial charge in [-0.05, 0) is 59.4 Å². The van der Waals surface area contributed by atoms with Crippen LogP contribution in [0.5, 0.6) is 11.9 Å². The number of ether oxygens (including phenoxy) is 2. The lowest BCUT2D eigenvalue weighted by molar-refractivity contribution is 0.106. The molecule has 0 saturated carbocycles. The Morgan fingerprint density at radius 2 is 2.03 bits per heavy atom. The molecule has 2 aliphatic heterocycles. The van der Waals surface area contributed by atoms with Gasteiger partial charge in [0.05, 0.1) is 15.4 Å². The number of nitrogens with zero attached hydrogens (tertiary/aromatic N) is 3. The van der Waals surface area contributed by atoms with E-state index in [1.165, 1.54) is 0 Å². The lowest BCUT2D eigenvalue weighted by atomic mass is 9.95. The first-order valence-electron chi connectivity index (χ1n) is 10.8. The van der Waals surface area contributed by atoms with E-state index in [1.54, 1.807) is 13.0 Å². The third-order valence-corrected chi connectivity index (χ3v) is 7.42. The second kappa shape index (κ2) is 8.56. The molecule has 2 aromatic carbocycles. The number of alkyl halides is 1. The van der Waals surface area contributed by atoms with Crippen LogP contribution in [0.1, 0.15) is 30.4 Å². The molecule has 2 aliphatic rings. The fourth-order valence-corrected chi connectivity index (χ4v) is 5.13. The molecule has 0 N–H and O–H groups in total. The van der Waals surface area contributed by atoms with E-state index in [0.29, 0.717) is 22.8 Å². The summed E-state index contributed by atoms with van der Waals surface area (Å²) in [5.74, 6) is -0.221. The van der Waals surface area contributed by atoms with Crippen molar-refractivity contribution >= 4 is 26.8 Å². The van der Waals surface area contributed by atoms with Crippen molar-refractivity contribution in [3.63, 3.8) is 0 Å². The van der Waals surface area contributed by atoms with Crippen molar-refractivity contribution in [2.75, 3.05) is 19.7 Å². The van der Waals surface area contributed by atoms with Crippen molar-refractivity contribution in [3.8, 4) is 11.9 Å². The van der Waals surface area contributed by atoms with Crippen LogP contribution >= 0.6 is 15.9 Å². The fraction of sp³-hybridized carbons (Fsp3) is 0.417. The first kappa shape index (κ1) is 21.5. The number of benzene rings is 2. The molecule has 3 heterocycles. The highest BCUT2D eigenvalue weighted by atomic mass is 79.9. The van der Waals surface area contributed by atoms with Crippen LogP contribution in [-0.2, 0) is 6.61 Å². The Bertz CT molecular complexity index is 1150. The molecule has 0 unspecified atom stereocenters. The molecule has 168 valence electrons. The van der Waals surface area contributed by atoms with Crippen molar-refractivity contribution < 1.29 is 18.3 Å². The van der Waals surface area contributed by atoms with Gasteiger partial charge in [0.2, 0.25) is 5.88 Å². The van der Waals surface area contributed by atoms with E-state index in [1.807, 2.05) is 30.3 Å². The van der Waals surface area contributed by atoms with Crippen LogP contribution in [-0.4, -0.2) is 46.3 Å². The molecule has 0 aliphatic carbocycles. The highest BCUT2D eigenvalue weighted by Gasteiger charge is 2.49. The molecule has 0 spiro atoms. The molecule has 0 radical (unpaired) electrons. The molecule has 2 saturated heterocycles. The van der Waals surface area contributed by atoms with Crippen molar-refractivity contribution in [2.24, 2.45) is 0 Å². The van der Waals surface area contributed by atoms with Gasteiger partial charge in [-0.3, -0.25) is 4.90 Å². The van der Waals surface area contributed by atoms with Crippen molar-refractivity contribution in [3.05, 3.63) is 57.8 Å². The van der Waals surface area contributed by atoms with E-state index >= 15 is 4.39 Å². The second-order valence-corrected chi connectivity index (χ2v) is 9.46. The van der Waals surface area contributed by atoms with Crippen LogP contribution in [0.3, 0.4) is 0 Å². The molecule has 0 bridgehead atoms. The van der Waals surface area contributed by atoms with Crippen LogP contribution in [0.2, 0.25) is 0 Å². The maximum absolute atomic E-state index is 15.1. The third-order valence-electron chi connectivity index (χ3n) is 6.45. The maximum atomic E-state index is 15.1. The zero-order valence-corrected chi connectivity index (χ0v) is 19.4. The minimum atomic E-state index is -0.849. The van der Waals surface area contributed by atoms with Gasteiger partial charge in [0.15, 0.2) is 5.82 Å². The Balaban J connectivity index is 1.47. The lowest BCUT2D eigenvalue weighted by Crippen LogP contribution is -2.43. The number of fused-ring (bicyclic) bond motifs is 2. The quantitative estimate of drug-likeness (QED) is 0.452. The standard InChI is InChI=1S/C24H24BrF2N3O2/c1-15-10-18-21(20(27)19(15)25)28-23(29-22(18)31-13-16-6-3-2-4-7-16)32-14-24-8-5-9-30(24)12-17(26)11-24/h2-4,6-7,10,17H,5,8-9,11-14H2,1H3/t17-,24+/m1/s1. The molecule has 0 amide bonds. The molecule has 3 aromatic rings. The van der Waals surface area contributed by atoms with Gasteiger partial charge < -0.3 is 9.47 Å². The summed E-state index contributed by atoms with van der Waals surface area (Å²) < 4.78 is 41.5. The molecule has 2 atom stereocenters. The van der Waals surface area contributed by atoms with Crippen LogP contribution in [0.4, 0.5) is 8.78 Å². The van der Waals surface area contributed by atoms with Gasteiger partial charge >= 0.3 is 6.01 Å². The summed E-state index contributed by atoms with van der Waals surface area (Å²) in [6, 6.07) is 11.5. The van der Waals surface area contributed by atoms with E-state index in [0.717, 1.165) is 30.5 Å². The number of aromatic nitrogens is 2. The summed E-state index contributed by atoms with van der Waals surface area (Å²) in [7, 11) is 0. The Morgan fingerprint density at radius 1 is 1.22 bits per heavy atom. The molecule has 5 nitrogen and oxygen atoms in total. The van der Waals surface area contributed by atoms with Crippen LogP contribution in [0.25, 0.3) is 10.9 Å². The monoisotopic (exact) mass is 503 g/mol. The van der Waals surface area contributed by atoms with Gasteiger partial charge in [0.1, 0.15) is 24.9 Å². The molecule has 1 aromatic heterocycles. The summed E-state index contributed by atoms with van der Waals surface area (Å²) in [5, 5.41) is 0.483. The summed E-state index contributed by atoms with van der Waals surface area (Å²) in [4.78, 5) is 11.0. The number of hydrogen-bond donors (Lipinski definition) is 0. The van der Waals surface area contributed by atoms with Crippen LogP contribution < -0.4 is 9.47 Å². The van der Waals surface area contributed by atoms with Gasteiger partial charge in [-0.2, -0.15) is 9.97 Å². The minimum absolute atomic E-state index is 0.0405. The van der Waals surface area contributed by atoms with Gasteiger partial charge in [-0.1, -0.05) is 30.3 Å². The lowest BCUT2D eigenvalue weighted by Gasteiger charge is -2.30. The minimum Gasteiger partial charge on any atom is -0.472 e. The Morgan fingerprint density at radius 3 is 2.84 bits per heavy atom. The zero-order valence-electron chi connectivity index (χ0n) is 17.8. The summed E-state index contributed by atoms with van der Waals surface area (Å²) in [6.45, 7) is 3.66. The van der Waals surface area contributed by atoms with Crippen LogP contribution in [0, 0.1) is 12.7 Å². The molecule has 5 rings (SSSR count). The Labute approximate surface area is 193 Å². The smallest absolute Gasteiger partial charge is 0.320 e. The largest absolute Gasteiger partial charge is 0.472 e. The van der Waals surface area contributed by atoms with E-state index in [4.69, 9.17) is 9.47 Å². The van der Waals surface area contributed by atoms with E-state index < -0.39 is 12.0 Å². The highest BCUT2D eigenvalue weighted by Crippen LogP contribution is 2.40. The van der Waals surface area contributed by atoms with Gasteiger partial charge in [-0.15, -0.1) is 0 Å². The van der Waals surface area contributed by atoms with Crippen LogP contribution in [0.15, 0.2) is 40.9 Å². The summed E-state index contributed by atoms with van der Waals surface area (Å²) in [6.07, 6.45) is 1.48. The molecule has 2 fully saturated rings. The van der Waals surface area contributed by atoms with Gasteiger partial charge in [0.25, 0.3) is 0 Å². The van der Waals surface area contributed by atoms with Crippen molar-refractivity contribution in [2.45, 2.75) is 44.5 Å². The van der Waals surface area contributed by atoms with Gasteiger partial charge in [-0.25, -0.2) is 8.78 Å². The zero-order chi connectivity index (χ0) is 22.3. The van der Waals surface area contributed by atoms with E-state index in [2.05, 4.69) is 30.8 Å². The Kier molecular flexibility index (Phi) is 5.75. The molecule has 8 heteroatoms. The average molecular weight is 504 g/mol. The summed E-state index contributed by atoms with van der Waals surface area (Å²) >= 11 is 3.30. The SMILES string of the molecule is Cc1cc2c(OCc3ccccc3)nc(OC[C@@]34CCCN3C[C@H](F)C4)nc2c(F)c1Br. The van der Waals surface area contributed by atoms with E-state index in [-0.39, 0.29) is 36.2 Å². The highest BCUT2D eigenvalue weighted by molar-refractivity contribution is 9.10. The maximum Gasteiger partial charge on any atom is 0.320 e. The van der Waals surface area contributed by atoms with E-state index in [9.17, 15) is 4.39 Å². The fourth-order valence-electron chi connectivity index (χ4n) is 4.83. The number of halogens is 3. The second-order valence-electron chi connectivity index (χ2n) is 8.67. The molecular formula is C24H24BrF2N3O2. The van der Waals surface area contributed by atoms with Gasteiger partial charge in [0, 0.05) is 13.0 Å². The average Bonchev–Trinajstić information content (AvgIpc) is 3.31. The topological polar surface area (TPSA) is 47.5 Å². The normalized spacial score (nSPS) is 22.9. The van der Waals surface area contributed by atoms with Crippen molar-refractivity contribution in [1.82, 2.24) is 14.9 Å². The predicted molar refractivity (Wildman–Crippen MR) is 121 cm³/mol. The van der Waals surface area contributed by atoms with Crippen molar-refractivity contribution in [1.29, 1.82) is 0 Å². The number of aryl methyl sites for hydroxylation is 1. The molecular weight excluding hydrogens is 480 g/mol. The Hall–Kier alpha value is -2.32. The third kappa shape index (κ3) is 3.94. The first-order chi connectivity index (χ1) is 15.4. The number of hydrogen-bond acceptors (Lipinski definition) is 5. The predicted octanol–water partition coefficient (Wildman–Crippen LogP) is 5.37. The molecule has 32 heavy (non-hydrogen) atoms. The number of rotatable bonds is 6. The first-order valence-corrected chi connectivity index (χ1v) is 11.6.